The molecule has 3 unspecified atom stereocenters. The summed E-state index contributed by atoms with van der Waals surface area (Å²) >= 11 is 4.24. The number of hydrogen-bond donors (Lipinski definition) is 1. The van der Waals surface area contributed by atoms with Gasteiger partial charge < -0.3 is 9.80 Å². The van der Waals surface area contributed by atoms with E-state index in [0.29, 0.717) is 12.0 Å². The second kappa shape index (κ2) is 4.96. The first-order chi connectivity index (χ1) is 7.59. The van der Waals surface area contributed by atoms with Gasteiger partial charge in [-0.05, 0) is 45.7 Å². The van der Waals surface area contributed by atoms with Gasteiger partial charge in [0.25, 0.3) is 0 Å². The number of hydrogen-bond acceptors (Lipinski definition) is 3. The lowest BCUT2D eigenvalue weighted by molar-refractivity contribution is -0.133. The quantitative estimate of drug-likeness (QED) is 0.700. The summed E-state index contributed by atoms with van der Waals surface area (Å²) in [5.41, 5.74) is 0. The van der Waals surface area contributed by atoms with Crippen LogP contribution in [-0.2, 0) is 4.79 Å². The minimum atomic E-state index is -0.155. The predicted molar refractivity (Wildman–Crippen MR) is 68.8 cm³/mol. The molecule has 2 aliphatic rings. The summed E-state index contributed by atoms with van der Waals surface area (Å²) in [6.45, 7) is 4.94. The molecule has 16 heavy (non-hydrogen) atoms. The number of amides is 1. The third-order valence-electron chi connectivity index (χ3n) is 4.01. The van der Waals surface area contributed by atoms with Crippen LogP contribution in [0.15, 0.2) is 0 Å². The fourth-order valence-corrected chi connectivity index (χ4v) is 3.28. The van der Waals surface area contributed by atoms with E-state index >= 15 is 0 Å². The lowest BCUT2D eigenvalue weighted by Gasteiger charge is -2.46. The molecule has 0 aromatic carbocycles. The number of carbonyl (C=O) groups excluding carboxylic acids is 1. The van der Waals surface area contributed by atoms with Crippen LogP contribution in [-0.4, -0.2) is 53.7 Å². The Bertz CT molecular complexity index is 270. The molecule has 2 aliphatic heterocycles. The van der Waals surface area contributed by atoms with Crippen LogP contribution in [0.1, 0.15) is 26.2 Å². The Balaban J connectivity index is 1.97. The van der Waals surface area contributed by atoms with Crippen molar-refractivity contribution in [3.05, 3.63) is 0 Å². The molecule has 1 amide bonds. The summed E-state index contributed by atoms with van der Waals surface area (Å²) in [7, 11) is 2.22. The Morgan fingerprint density at radius 2 is 2.12 bits per heavy atom. The van der Waals surface area contributed by atoms with E-state index < -0.39 is 0 Å². The summed E-state index contributed by atoms with van der Waals surface area (Å²) < 4.78 is 0. The van der Waals surface area contributed by atoms with Gasteiger partial charge >= 0.3 is 0 Å². The standard InChI is InChI=1S/C12H22N2OS/c1-9(16)12(15)14-7-5-11-10(8-14)4-3-6-13(11)2/h9-11,16H,3-8H2,1-2H3. The molecule has 0 saturated carbocycles. The smallest absolute Gasteiger partial charge is 0.235 e. The zero-order valence-electron chi connectivity index (χ0n) is 10.2. The second-order valence-corrected chi connectivity index (χ2v) is 5.97. The molecule has 0 spiro atoms. The molecular formula is C12H22N2OS. The molecule has 4 heteroatoms. The average molecular weight is 242 g/mol. The van der Waals surface area contributed by atoms with Crippen molar-refractivity contribution in [1.29, 1.82) is 0 Å². The van der Waals surface area contributed by atoms with Crippen molar-refractivity contribution in [2.75, 3.05) is 26.7 Å². The van der Waals surface area contributed by atoms with Crippen LogP contribution in [0, 0.1) is 5.92 Å². The first-order valence-corrected chi connectivity index (χ1v) is 6.78. The fourth-order valence-electron chi connectivity index (χ4n) is 3.12. The second-order valence-electron chi connectivity index (χ2n) is 5.20. The maximum atomic E-state index is 11.9. The lowest BCUT2D eigenvalue weighted by atomic mass is 9.84. The van der Waals surface area contributed by atoms with Gasteiger partial charge in [-0.3, -0.25) is 4.79 Å². The summed E-state index contributed by atoms with van der Waals surface area (Å²) in [4.78, 5) is 16.4. The number of likely N-dealkylation sites (tertiary alicyclic amines) is 2. The minimum absolute atomic E-state index is 0.155. The van der Waals surface area contributed by atoms with E-state index in [-0.39, 0.29) is 11.2 Å². The van der Waals surface area contributed by atoms with E-state index in [9.17, 15) is 4.79 Å². The highest BCUT2D eigenvalue weighted by Gasteiger charge is 2.36. The topological polar surface area (TPSA) is 23.6 Å². The molecule has 0 bridgehead atoms. The molecule has 2 fully saturated rings. The van der Waals surface area contributed by atoms with Gasteiger partial charge in [0.2, 0.25) is 5.91 Å². The Labute approximate surface area is 104 Å². The molecular weight excluding hydrogens is 220 g/mol. The van der Waals surface area contributed by atoms with Crippen LogP contribution < -0.4 is 0 Å². The van der Waals surface area contributed by atoms with Gasteiger partial charge in [0.15, 0.2) is 0 Å². The highest BCUT2D eigenvalue weighted by Crippen LogP contribution is 2.29. The van der Waals surface area contributed by atoms with Crippen molar-refractivity contribution in [2.24, 2.45) is 5.92 Å². The molecule has 2 rings (SSSR count). The Morgan fingerprint density at radius 3 is 2.81 bits per heavy atom. The number of fused-ring (bicyclic) bond motifs is 1. The number of rotatable bonds is 1. The number of carbonyl (C=O) groups is 1. The van der Waals surface area contributed by atoms with Gasteiger partial charge in [-0.25, -0.2) is 0 Å². The number of thiol groups is 1. The lowest BCUT2D eigenvalue weighted by Crippen LogP contribution is -2.54. The van der Waals surface area contributed by atoms with E-state index in [0.717, 1.165) is 19.5 Å². The van der Waals surface area contributed by atoms with E-state index in [2.05, 4.69) is 24.6 Å². The maximum absolute atomic E-state index is 11.9. The molecule has 3 atom stereocenters. The van der Waals surface area contributed by atoms with Gasteiger partial charge in [0, 0.05) is 19.1 Å². The van der Waals surface area contributed by atoms with Crippen molar-refractivity contribution in [2.45, 2.75) is 37.5 Å². The summed E-state index contributed by atoms with van der Waals surface area (Å²) in [5.74, 6) is 0.888. The first kappa shape index (κ1) is 12.2. The monoisotopic (exact) mass is 242 g/mol. The Morgan fingerprint density at radius 1 is 1.38 bits per heavy atom. The van der Waals surface area contributed by atoms with Crippen molar-refractivity contribution < 1.29 is 4.79 Å². The van der Waals surface area contributed by atoms with Gasteiger partial charge in [0.05, 0.1) is 5.25 Å². The normalized spacial score (nSPS) is 33.3. The maximum Gasteiger partial charge on any atom is 0.235 e. The zero-order chi connectivity index (χ0) is 11.7. The molecule has 2 heterocycles. The molecule has 0 N–H and O–H groups in total. The van der Waals surface area contributed by atoms with Crippen LogP contribution in [0.3, 0.4) is 0 Å². The van der Waals surface area contributed by atoms with Crippen molar-refractivity contribution >= 4 is 18.5 Å². The van der Waals surface area contributed by atoms with Crippen LogP contribution in [0.25, 0.3) is 0 Å². The molecule has 3 nitrogen and oxygen atoms in total. The fraction of sp³-hybridized carbons (Fsp3) is 0.917. The SMILES string of the molecule is CC(S)C(=O)N1CCC2C(CCCN2C)C1. The molecule has 92 valence electrons. The largest absolute Gasteiger partial charge is 0.341 e. The Kier molecular flexibility index (Phi) is 3.80. The molecule has 2 saturated heterocycles. The van der Waals surface area contributed by atoms with Crippen LogP contribution in [0.4, 0.5) is 0 Å². The van der Waals surface area contributed by atoms with Crippen LogP contribution >= 0.6 is 12.6 Å². The minimum Gasteiger partial charge on any atom is -0.341 e. The zero-order valence-corrected chi connectivity index (χ0v) is 11.1. The highest BCUT2D eigenvalue weighted by atomic mass is 32.1. The molecule has 0 aromatic rings. The first-order valence-electron chi connectivity index (χ1n) is 6.26. The van der Waals surface area contributed by atoms with Gasteiger partial charge in [-0.1, -0.05) is 0 Å². The van der Waals surface area contributed by atoms with E-state index in [4.69, 9.17) is 0 Å². The summed E-state index contributed by atoms with van der Waals surface area (Å²) in [6.07, 6.45) is 3.68. The Hall–Kier alpha value is -0.220. The van der Waals surface area contributed by atoms with Crippen molar-refractivity contribution in [1.82, 2.24) is 9.80 Å². The van der Waals surface area contributed by atoms with E-state index in [1.807, 2.05) is 11.8 Å². The van der Waals surface area contributed by atoms with Gasteiger partial charge in [-0.15, -0.1) is 0 Å². The predicted octanol–water partition coefficient (Wildman–Crippen LogP) is 1.25. The van der Waals surface area contributed by atoms with Crippen LogP contribution in [0.5, 0.6) is 0 Å². The van der Waals surface area contributed by atoms with Gasteiger partial charge in [-0.2, -0.15) is 12.6 Å². The summed E-state index contributed by atoms with van der Waals surface area (Å²) in [5, 5.41) is -0.155. The third kappa shape index (κ3) is 2.38. The third-order valence-corrected chi connectivity index (χ3v) is 4.24. The number of nitrogens with zero attached hydrogens (tertiary/aromatic N) is 2. The van der Waals surface area contributed by atoms with Crippen molar-refractivity contribution in [3.8, 4) is 0 Å². The number of piperidine rings is 2. The average Bonchev–Trinajstić information content (AvgIpc) is 2.28. The summed E-state index contributed by atoms with van der Waals surface area (Å²) in [6, 6.07) is 0.702. The van der Waals surface area contributed by atoms with E-state index in [1.54, 1.807) is 0 Å². The van der Waals surface area contributed by atoms with E-state index in [1.165, 1.54) is 19.4 Å². The molecule has 0 aliphatic carbocycles. The molecule has 0 radical (unpaired) electrons. The van der Waals surface area contributed by atoms with Crippen LogP contribution in [0.2, 0.25) is 0 Å². The highest BCUT2D eigenvalue weighted by molar-refractivity contribution is 7.81. The molecule has 0 aromatic heterocycles. The van der Waals surface area contributed by atoms with Crippen molar-refractivity contribution in [3.63, 3.8) is 0 Å². The van der Waals surface area contributed by atoms with Gasteiger partial charge in [0.1, 0.15) is 0 Å².